The van der Waals surface area contributed by atoms with E-state index in [4.69, 9.17) is 97.6 Å². The first kappa shape index (κ1) is 35.2. The number of aromatic carboxylic acids is 2. The average Bonchev–Trinajstić information content (AvgIpc) is 3.00. The summed E-state index contributed by atoms with van der Waals surface area (Å²) >= 11 is 48.5. The van der Waals surface area contributed by atoms with Crippen LogP contribution < -0.4 is 10.8 Å². The van der Waals surface area contributed by atoms with Gasteiger partial charge in [-0.25, -0.2) is 9.59 Å². The predicted molar refractivity (Wildman–Crippen MR) is 179 cm³/mol. The summed E-state index contributed by atoms with van der Waals surface area (Å²) in [6, 6.07) is 14.0. The number of nitrogens with one attached hydrogen (secondary N) is 2. The summed E-state index contributed by atoms with van der Waals surface area (Å²) in [5, 5.41) is 19.9. The van der Waals surface area contributed by atoms with Crippen LogP contribution in [0, 0.1) is 0 Å². The van der Waals surface area contributed by atoms with Gasteiger partial charge in [0.05, 0.1) is 62.6 Å². The van der Waals surface area contributed by atoms with E-state index in [1.54, 1.807) is 36.4 Å². The first-order valence-electron chi connectivity index (χ1n) is 12.3. The van der Waals surface area contributed by atoms with Crippen molar-refractivity contribution >= 4 is 122 Å². The van der Waals surface area contributed by atoms with Crippen molar-refractivity contribution in [2.24, 2.45) is 0 Å². The first-order chi connectivity index (χ1) is 21.2. The third-order valence-corrected chi connectivity index (χ3v) is 9.91. The Bertz CT molecular complexity index is 1830. The Morgan fingerprint density at radius 2 is 0.978 bits per heavy atom. The van der Waals surface area contributed by atoms with Crippen LogP contribution in [0.3, 0.4) is 0 Å². The number of carboxylic acid groups (broad SMARTS) is 2. The van der Waals surface area contributed by atoms with Crippen LogP contribution in [0.15, 0.2) is 48.5 Å². The molecule has 0 aromatic heterocycles. The van der Waals surface area contributed by atoms with Crippen molar-refractivity contribution in [3.05, 3.63) is 122 Å². The molecule has 0 aliphatic heterocycles. The lowest BCUT2D eigenvalue weighted by Crippen LogP contribution is -2.18. The molecule has 0 aliphatic rings. The van der Waals surface area contributed by atoms with Gasteiger partial charge in [-0.15, -0.1) is 0 Å². The molecule has 234 valence electrons. The van der Waals surface area contributed by atoms with E-state index in [0.29, 0.717) is 17.8 Å². The molecule has 0 fully saturated rings. The zero-order valence-corrected chi connectivity index (χ0v) is 28.1. The molecule has 0 saturated carbocycles. The molecule has 1 amide bonds. The molecule has 8 nitrogen and oxygen atoms in total. The Morgan fingerprint density at radius 1 is 0.556 bits per heavy atom. The number of carboxylic acids is 2. The molecule has 4 aromatic carbocycles. The minimum Gasteiger partial charge on any atom is -0.478 e. The van der Waals surface area contributed by atoms with Gasteiger partial charge in [0, 0.05) is 11.3 Å². The standard InChI is InChI=1S/C29H16Cl8N2O6/c30-19-15(16(28(41)42)20(31)24(35)23(19)34)10-45-39-14-7-3-12(4-8-14)9-11-1-5-13(6-2-11)38-27(40)17-18(29(43)44)22(33)26(37)25(36)21(17)32/h1-8,39H,9-10H2,(H,38,40)(H,41,42)(H,43,44). The average molecular weight is 772 g/mol. The van der Waals surface area contributed by atoms with Crippen molar-refractivity contribution in [1.29, 1.82) is 0 Å². The molecule has 4 aromatic rings. The van der Waals surface area contributed by atoms with Gasteiger partial charge in [0.25, 0.3) is 5.91 Å². The summed E-state index contributed by atoms with van der Waals surface area (Å²) in [5.74, 6) is -3.67. The summed E-state index contributed by atoms with van der Waals surface area (Å²) in [4.78, 5) is 41.9. The highest BCUT2D eigenvalue weighted by molar-refractivity contribution is 6.54. The molecule has 0 radical (unpaired) electrons. The van der Waals surface area contributed by atoms with Gasteiger partial charge in [0.1, 0.15) is 6.61 Å². The summed E-state index contributed by atoms with van der Waals surface area (Å²) in [6.07, 6.45) is 0.534. The van der Waals surface area contributed by atoms with Crippen molar-refractivity contribution < 1.29 is 29.4 Å². The Labute approximate surface area is 295 Å². The van der Waals surface area contributed by atoms with Crippen LogP contribution >= 0.6 is 92.8 Å². The van der Waals surface area contributed by atoms with E-state index in [-0.39, 0.29) is 52.9 Å². The number of carbonyl (C=O) groups is 3. The SMILES string of the molecule is O=C(O)c1c(Cl)c(Cl)c(Cl)c(Cl)c1CONc1ccc(Cc2ccc(NC(=O)c3c(Cl)c(Cl)c(Cl)c(Cl)c3C(=O)O)cc2)cc1. The number of hydrogen-bond donors (Lipinski definition) is 4. The van der Waals surface area contributed by atoms with E-state index in [1.807, 2.05) is 12.1 Å². The number of carbonyl (C=O) groups excluding carboxylic acids is 1. The van der Waals surface area contributed by atoms with Crippen LogP contribution in [-0.2, 0) is 17.9 Å². The quantitative estimate of drug-likeness (QED) is 0.0718. The Morgan fingerprint density at radius 3 is 1.47 bits per heavy atom. The van der Waals surface area contributed by atoms with Gasteiger partial charge >= 0.3 is 11.9 Å². The second-order valence-corrected chi connectivity index (χ2v) is 12.2. The lowest BCUT2D eigenvalue weighted by Gasteiger charge is -2.15. The minimum atomic E-state index is -1.50. The normalized spacial score (nSPS) is 10.9. The van der Waals surface area contributed by atoms with Gasteiger partial charge in [-0.05, 0) is 41.8 Å². The molecule has 16 heteroatoms. The zero-order chi connectivity index (χ0) is 33.2. The molecular formula is C29H16Cl8N2O6. The fraction of sp³-hybridized carbons (Fsp3) is 0.0690. The highest BCUT2D eigenvalue weighted by atomic mass is 35.5. The Kier molecular flexibility index (Phi) is 11.6. The van der Waals surface area contributed by atoms with Crippen molar-refractivity contribution in [2.75, 3.05) is 10.8 Å². The predicted octanol–water partition coefficient (Wildman–Crippen LogP) is 10.7. The van der Waals surface area contributed by atoms with E-state index < -0.39 is 34.0 Å². The maximum absolute atomic E-state index is 13.0. The number of rotatable bonds is 10. The largest absolute Gasteiger partial charge is 0.478 e. The van der Waals surface area contributed by atoms with Gasteiger partial charge in [0.15, 0.2) is 0 Å². The van der Waals surface area contributed by atoms with Crippen molar-refractivity contribution in [1.82, 2.24) is 0 Å². The monoisotopic (exact) mass is 768 g/mol. The lowest BCUT2D eigenvalue weighted by molar-refractivity contribution is 0.0682. The van der Waals surface area contributed by atoms with Crippen molar-refractivity contribution in [3.8, 4) is 0 Å². The Hall–Kier alpha value is -2.63. The molecule has 0 heterocycles. The molecule has 0 aliphatic carbocycles. The van der Waals surface area contributed by atoms with Crippen molar-refractivity contribution in [3.63, 3.8) is 0 Å². The topological polar surface area (TPSA) is 125 Å². The molecule has 45 heavy (non-hydrogen) atoms. The van der Waals surface area contributed by atoms with Crippen LogP contribution in [-0.4, -0.2) is 28.1 Å². The fourth-order valence-corrected chi connectivity index (χ4v) is 6.15. The van der Waals surface area contributed by atoms with E-state index in [9.17, 15) is 24.6 Å². The van der Waals surface area contributed by atoms with E-state index in [1.165, 1.54) is 0 Å². The lowest BCUT2D eigenvalue weighted by atomic mass is 10.0. The van der Waals surface area contributed by atoms with Crippen LogP contribution in [0.25, 0.3) is 0 Å². The second kappa shape index (κ2) is 14.9. The minimum absolute atomic E-state index is 0.0542. The molecule has 0 saturated heterocycles. The molecule has 0 atom stereocenters. The van der Waals surface area contributed by atoms with Gasteiger partial charge in [0.2, 0.25) is 0 Å². The van der Waals surface area contributed by atoms with Crippen molar-refractivity contribution in [2.45, 2.75) is 13.0 Å². The number of halogens is 8. The van der Waals surface area contributed by atoms with Crippen LogP contribution in [0.5, 0.6) is 0 Å². The van der Waals surface area contributed by atoms with Crippen LogP contribution in [0.2, 0.25) is 40.2 Å². The molecule has 4 N–H and O–H groups in total. The number of amides is 1. The molecule has 0 spiro atoms. The summed E-state index contributed by atoms with van der Waals surface area (Å²) < 4.78 is 0. The summed E-state index contributed by atoms with van der Waals surface area (Å²) in [7, 11) is 0. The molecular weight excluding hydrogens is 756 g/mol. The highest BCUT2D eigenvalue weighted by Gasteiger charge is 2.29. The third-order valence-electron chi connectivity index (χ3n) is 6.27. The van der Waals surface area contributed by atoms with Gasteiger partial charge in [-0.1, -0.05) is 117 Å². The number of benzene rings is 4. The first-order valence-corrected chi connectivity index (χ1v) is 15.3. The van der Waals surface area contributed by atoms with Crippen LogP contribution in [0.4, 0.5) is 11.4 Å². The molecule has 4 rings (SSSR count). The maximum atomic E-state index is 13.0. The van der Waals surface area contributed by atoms with E-state index >= 15 is 0 Å². The smallest absolute Gasteiger partial charge is 0.338 e. The van der Waals surface area contributed by atoms with E-state index in [0.717, 1.165) is 11.1 Å². The third kappa shape index (κ3) is 7.68. The number of hydrogen-bond acceptors (Lipinski definition) is 5. The summed E-state index contributed by atoms with van der Waals surface area (Å²) in [6.45, 7) is -0.274. The Balaban J connectivity index is 1.39. The summed E-state index contributed by atoms with van der Waals surface area (Å²) in [5.41, 5.74) is 4.24. The van der Waals surface area contributed by atoms with E-state index in [2.05, 4.69) is 10.8 Å². The number of anilines is 2. The molecule has 0 unspecified atom stereocenters. The van der Waals surface area contributed by atoms with Crippen LogP contribution in [0.1, 0.15) is 47.8 Å². The molecule has 0 bridgehead atoms. The van der Waals surface area contributed by atoms with Gasteiger partial charge < -0.3 is 15.5 Å². The second-order valence-electron chi connectivity index (χ2n) is 9.14. The fourth-order valence-electron chi connectivity index (χ4n) is 4.10. The highest BCUT2D eigenvalue weighted by Crippen LogP contribution is 2.43. The van der Waals surface area contributed by atoms with Gasteiger partial charge in [-0.3, -0.25) is 15.1 Å². The zero-order valence-electron chi connectivity index (χ0n) is 22.1. The maximum Gasteiger partial charge on any atom is 0.338 e. The van der Waals surface area contributed by atoms with Gasteiger partial charge in [-0.2, -0.15) is 0 Å².